The van der Waals surface area contributed by atoms with Crippen LogP contribution in [0, 0.1) is 0 Å². The van der Waals surface area contributed by atoms with Gasteiger partial charge in [0, 0.05) is 33.0 Å². The molecule has 2 aliphatic heterocycles. The molecule has 0 unspecified atom stereocenters. The van der Waals surface area contributed by atoms with Crippen molar-refractivity contribution in [3.05, 3.63) is 69.8 Å². The van der Waals surface area contributed by atoms with Crippen LogP contribution in [-0.2, 0) is 12.8 Å². The number of nitrogens with one attached hydrogen (secondary N) is 2. The molecule has 7 rings (SSSR count). The Balaban J connectivity index is 1.88. The smallest absolute Gasteiger partial charge is 0.258 e. The van der Waals surface area contributed by atoms with Gasteiger partial charge in [-0.15, -0.1) is 0 Å². The lowest BCUT2D eigenvalue weighted by atomic mass is 9.79. The molecule has 2 aliphatic rings. The molecule has 0 bridgehead atoms. The Morgan fingerprint density at radius 3 is 1.26 bits per heavy atom. The van der Waals surface area contributed by atoms with E-state index in [0.29, 0.717) is 45.9 Å². The number of benzene rings is 5. The van der Waals surface area contributed by atoms with Crippen molar-refractivity contribution >= 4 is 66.7 Å². The van der Waals surface area contributed by atoms with Gasteiger partial charge in [-0.1, -0.05) is 26.0 Å². The number of fused-ring (bicyclic) bond motifs is 2. The number of hydrogen-bond donors (Lipinski definition) is 2. The van der Waals surface area contributed by atoms with Gasteiger partial charge in [-0.3, -0.25) is 29.8 Å². The van der Waals surface area contributed by atoms with Crippen LogP contribution < -0.4 is 10.6 Å². The SMILES string of the molecule is CCc1cc2c3c(ccc4c5ccc6c7c(cc(CC)c(c1c34)c75)C(=O)NC6=O)C(=O)NC2=O. The summed E-state index contributed by atoms with van der Waals surface area (Å²) in [6.45, 7) is 4.09. The summed E-state index contributed by atoms with van der Waals surface area (Å²) in [5.74, 6) is -1.56. The highest BCUT2D eigenvalue weighted by molar-refractivity contribution is 6.42. The first-order valence-corrected chi connectivity index (χ1v) is 11.4. The molecule has 5 aromatic rings. The predicted octanol–water partition coefficient (Wildman–Crippen LogP) is 4.63. The Morgan fingerprint density at radius 2 is 0.882 bits per heavy atom. The van der Waals surface area contributed by atoms with Gasteiger partial charge in [0.1, 0.15) is 0 Å². The van der Waals surface area contributed by atoms with Gasteiger partial charge in [0.15, 0.2) is 0 Å². The van der Waals surface area contributed by atoms with E-state index < -0.39 is 11.8 Å². The van der Waals surface area contributed by atoms with Crippen LogP contribution in [0.25, 0.3) is 43.1 Å². The van der Waals surface area contributed by atoms with Gasteiger partial charge in [0.25, 0.3) is 23.6 Å². The molecule has 0 saturated carbocycles. The molecule has 2 N–H and O–H groups in total. The first-order chi connectivity index (χ1) is 16.4. The Bertz CT molecular complexity index is 1710. The topological polar surface area (TPSA) is 92.3 Å². The van der Waals surface area contributed by atoms with E-state index in [9.17, 15) is 19.2 Å². The highest BCUT2D eigenvalue weighted by atomic mass is 16.2. The van der Waals surface area contributed by atoms with Crippen LogP contribution in [0.1, 0.15) is 66.4 Å². The Hall–Kier alpha value is -4.32. The lowest BCUT2D eigenvalue weighted by molar-refractivity contribution is 0.0828. The van der Waals surface area contributed by atoms with Crippen molar-refractivity contribution in [1.29, 1.82) is 0 Å². The molecular formula is C28H18N2O4. The highest BCUT2D eigenvalue weighted by Gasteiger charge is 2.32. The van der Waals surface area contributed by atoms with E-state index in [4.69, 9.17) is 0 Å². The molecule has 4 amide bonds. The summed E-state index contributed by atoms with van der Waals surface area (Å²) >= 11 is 0. The van der Waals surface area contributed by atoms with Gasteiger partial charge in [0.05, 0.1) is 0 Å². The van der Waals surface area contributed by atoms with Crippen LogP contribution in [0.5, 0.6) is 0 Å². The van der Waals surface area contributed by atoms with Crippen molar-refractivity contribution in [2.75, 3.05) is 0 Å². The van der Waals surface area contributed by atoms with E-state index in [0.717, 1.165) is 43.4 Å². The van der Waals surface area contributed by atoms with Gasteiger partial charge >= 0.3 is 0 Å². The lowest BCUT2D eigenvalue weighted by Gasteiger charge is -2.26. The molecule has 34 heavy (non-hydrogen) atoms. The molecule has 5 aromatic carbocycles. The number of rotatable bonds is 2. The molecular weight excluding hydrogens is 428 g/mol. The zero-order chi connectivity index (χ0) is 23.5. The third-order valence-corrected chi connectivity index (χ3v) is 7.46. The second kappa shape index (κ2) is 6.17. The maximum atomic E-state index is 12.8. The largest absolute Gasteiger partial charge is 0.288 e. The van der Waals surface area contributed by atoms with Crippen LogP contribution >= 0.6 is 0 Å². The van der Waals surface area contributed by atoms with Crippen molar-refractivity contribution in [3.8, 4) is 0 Å². The van der Waals surface area contributed by atoms with Crippen molar-refractivity contribution in [1.82, 2.24) is 10.6 Å². The number of carbonyl (C=O) groups excluding carboxylic acids is 4. The molecule has 0 atom stereocenters. The van der Waals surface area contributed by atoms with Crippen LogP contribution in [0.15, 0.2) is 36.4 Å². The monoisotopic (exact) mass is 446 g/mol. The van der Waals surface area contributed by atoms with E-state index in [1.807, 2.05) is 38.1 Å². The number of imide groups is 2. The summed E-state index contributed by atoms with van der Waals surface area (Å²) in [7, 11) is 0. The van der Waals surface area contributed by atoms with E-state index in [1.54, 1.807) is 12.1 Å². The van der Waals surface area contributed by atoms with Crippen LogP contribution in [0.4, 0.5) is 0 Å². The molecule has 0 saturated heterocycles. The first-order valence-electron chi connectivity index (χ1n) is 11.4. The Labute approximate surface area is 193 Å². The van der Waals surface area contributed by atoms with Gasteiger partial charge in [0.2, 0.25) is 0 Å². The van der Waals surface area contributed by atoms with E-state index in [1.165, 1.54) is 0 Å². The lowest BCUT2D eigenvalue weighted by Crippen LogP contribution is -2.35. The zero-order valence-electron chi connectivity index (χ0n) is 18.5. The normalized spacial score (nSPS) is 15.1. The molecule has 2 heterocycles. The minimum Gasteiger partial charge on any atom is -0.288 e. The molecule has 164 valence electrons. The van der Waals surface area contributed by atoms with Crippen molar-refractivity contribution in [2.45, 2.75) is 26.7 Å². The summed E-state index contributed by atoms with van der Waals surface area (Å²) in [6, 6.07) is 11.1. The summed E-state index contributed by atoms with van der Waals surface area (Å²) in [6.07, 6.45) is 1.37. The fraction of sp³-hybridized carbons (Fsp3) is 0.143. The fourth-order valence-electron chi connectivity index (χ4n) is 6.03. The second-order valence-corrected chi connectivity index (χ2v) is 9.01. The molecule has 6 nitrogen and oxygen atoms in total. The summed E-state index contributed by atoms with van der Waals surface area (Å²) in [5.41, 5.74) is 3.98. The zero-order valence-corrected chi connectivity index (χ0v) is 18.5. The summed E-state index contributed by atoms with van der Waals surface area (Å²) < 4.78 is 0. The number of hydrogen-bond acceptors (Lipinski definition) is 4. The highest BCUT2D eigenvalue weighted by Crippen LogP contribution is 2.47. The number of amides is 4. The van der Waals surface area contributed by atoms with Crippen molar-refractivity contribution < 1.29 is 19.2 Å². The average Bonchev–Trinajstić information content (AvgIpc) is 2.84. The molecule has 0 aromatic heterocycles. The van der Waals surface area contributed by atoms with Gasteiger partial charge in [-0.2, -0.15) is 0 Å². The van der Waals surface area contributed by atoms with Crippen LogP contribution in [-0.4, -0.2) is 23.6 Å². The van der Waals surface area contributed by atoms with Crippen LogP contribution in [0.3, 0.4) is 0 Å². The Kier molecular flexibility index (Phi) is 3.48. The van der Waals surface area contributed by atoms with Crippen molar-refractivity contribution in [2.24, 2.45) is 0 Å². The fourth-order valence-corrected chi connectivity index (χ4v) is 6.03. The molecule has 0 aliphatic carbocycles. The first kappa shape index (κ1) is 19.2. The van der Waals surface area contributed by atoms with Gasteiger partial charge < -0.3 is 0 Å². The summed E-state index contributed by atoms with van der Waals surface area (Å²) in [4.78, 5) is 51.1. The van der Waals surface area contributed by atoms with E-state index in [2.05, 4.69) is 10.6 Å². The maximum Gasteiger partial charge on any atom is 0.258 e. The van der Waals surface area contributed by atoms with E-state index in [-0.39, 0.29) is 11.8 Å². The third-order valence-electron chi connectivity index (χ3n) is 7.46. The van der Waals surface area contributed by atoms with E-state index >= 15 is 0 Å². The van der Waals surface area contributed by atoms with Crippen molar-refractivity contribution in [3.63, 3.8) is 0 Å². The molecule has 0 spiro atoms. The minimum atomic E-state index is -0.395. The number of aryl methyl sites for hydroxylation is 2. The summed E-state index contributed by atoms with van der Waals surface area (Å²) in [5, 5.41) is 11.9. The molecule has 6 heteroatoms. The second-order valence-electron chi connectivity index (χ2n) is 9.01. The average molecular weight is 446 g/mol. The number of carbonyl (C=O) groups is 4. The molecule has 0 radical (unpaired) electrons. The maximum absolute atomic E-state index is 12.8. The predicted molar refractivity (Wildman–Crippen MR) is 130 cm³/mol. The minimum absolute atomic E-state index is 0.384. The van der Waals surface area contributed by atoms with Gasteiger partial charge in [-0.25, -0.2) is 0 Å². The third kappa shape index (κ3) is 2.07. The molecule has 0 fully saturated rings. The quantitative estimate of drug-likeness (QED) is 0.235. The van der Waals surface area contributed by atoms with Gasteiger partial charge in [-0.05, 0) is 80.6 Å². The van der Waals surface area contributed by atoms with Crippen LogP contribution in [0.2, 0.25) is 0 Å². The Morgan fingerprint density at radius 1 is 0.500 bits per heavy atom. The standard InChI is InChI=1S/C28H18N2O4/c1-3-11-9-17-21-15(25(31)29-27(17)33)7-5-13-14-6-8-16-22-18(28(34)30-26(16)32)10-12(4-2)20(24(14)22)19(11)23(13)21/h5-10H,3-4H2,1-2H3,(H,29,31,33)(H,30,32,34).